The predicted molar refractivity (Wildman–Crippen MR) is 89.7 cm³/mol. The number of nitrogens with one attached hydrogen (secondary N) is 1. The number of hydrogen-bond acceptors (Lipinski definition) is 5. The summed E-state index contributed by atoms with van der Waals surface area (Å²) in [4.78, 5) is 20.5. The van der Waals surface area contributed by atoms with Gasteiger partial charge in [0.1, 0.15) is 0 Å². The fourth-order valence-electron chi connectivity index (χ4n) is 2.90. The van der Waals surface area contributed by atoms with E-state index >= 15 is 0 Å². The van der Waals surface area contributed by atoms with Gasteiger partial charge in [0.05, 0.1) is 0 Å². The molecule has 7 heteroatoms. The Morgan fingerprint density at radius 3 is 3.08 bits per heavy atom. The van der Waals surface area contributed by atoms with Gasteiger partial charge in [-0.2, -0.15) is 4.98 Å². The van der Waals surface area contributed by atoms with Crippen molar-refractivity contribution in [1.29, 1.82) is 0 Å². The molecule has 0 saturated carbocycles. The van der Waals surface area contributed by atoms with Gasteiger partial charge in [-0.1, -0.05) is 18.1 Å². The van der Waals surface area contributed by atoms with Crippen molar-refractivity contribution in [2.75, 3.05) is 13.2 Å². The lowest BCUT2D eigenvalue weighted by Gasteiger charge is -2.05. The highest BCUT2D eigenvalue weighted by molar-refractivity contribution is 5.90. The van der Waals surface area contributed by atoms with E-state index in [1.807, 2.05) is 0 Å². The van der Waals surface area contributed by atoms with Crippen molar-refractivity contribution >= 4 is 11.7 Å². The van der Waals surface area contributed by atoms with Crippen LogP contribution in [0.25, 0.3) is 5.78 Å². The highest BCUT2D eigenvalue weighted by Gasteiger charge is 2.13. The maximum Gasteiger partial charge on any atom is 0.291 e. The Hall–Kier alpha value is -2.28. The molecular weight excluding hydrogens is 306 g/mol. The average Bonchev–Trinajstić information content (AvgIpc) is 2.83. The molecule has 0 atom stereocenters. The number of aliphatic hydroxyl groups excluding tert-OH is 1. The Balaban J connectivity index is 1.58. The van der Waals surface area contributed by atoms with Crippen molar-refractivity contribution in [3.05, 3.63) is 35.4 Å². The Bertz CT molecular complexity index is 738. The van der Waals surface area contributed by atoms with Crippen molar-refractivity contribution in [2.24, 2.45) is 0 Å². The van der Waals surface area contributed by atoms with Gasteiger partial charge in [0, 0.05) is 25.5 Å². The van der Waals surface area contributed by atoms with Crippen molar-refractivity contribution in [2.45, 2.75) is 44.9 Å². The van der Waals surface area contributed by atoms with Crippen LogP contribution in [0, 0.1) is 0 Å². The van der Waals surface area contributed by atoms with E-state index in [1.165, 1.54) is 29.4 Å². The first kappa shape index (κ1) is 16.6. The fraction of sp³-hybridized carbons (Fsp3) is 0.529. The Morgan fingerprint density at radius 1 is 1.29 bits per heavy atom. The highest BCUT2D eigenvalue weighted by Crippen LogP contribution is 2.19. The molecule has 7 nitrogen and oxygen atoms in total. The normalized spacial score (nSPS) is 15.1. The lowest BCUT2D eigenvalue weighted by atomic mass is 10.1. The minimum atomic E-state index is -0.279. The second-order valence-electron chi connectivity index (χ2n) is 6.08. The molecule has 0 aromatic carbocycles. The van der Waals surface area contributed by atoms with E-state index in [0.29, 0.717) is 18.7 Å². The lowest BCUT2D eigenvalue weighted by molar-refractivity contribution is 0.0944. The number of allylic oxidation sites excluding steroid dienone is 1. The predicted octanol–water partition coefficient (Wildman–Crippen LogP) is 1.67. The maximum absolute atomic E-state index is 12.2. The van der Waals surface area contributed by atoms with E-state index in [-0.39, 0.29) is 18.3 Å². The second-order valence-corrected chi connectivity index (χ2v) is 6.08. The van der Waals surface area contributed by atoms with Crippen LogP contribution in [0.4, 0.5) is 0 Å². The number of amides is 1. The summed E-state index contributed by atoms with van der Waals surface area (Å²) in [5.74, 6) is 0.227. The van der Waals surface area contributed by atoms with Crippen molar-refractivity contribution in [1.82, 2.24) is 24.9 Å². The van der Waals surface area contributed by atoms with E-state index in [9.17, 15) is 4.79 Å². The van der Waals surface area contributed by atoms with Gasteiger partial charge in [-0.25, -0.2) is 9.50 Å². The SMILES string of the molecule is O=C(NCCC1=CCCCCC1)c1nc2ncc(CCO)cn2n1. The van der Waals surface area contributed by atoms with E-state index < -0.39 is 0 Å². The number of aromatic nitrogens is 4. The molecule has 0 fully saturated rings. The topological polar surface area (TPSA) is 92.4 Å². The first-order chi connectivity index (χ1) is 11.8. The third-order valence-electron chi connectivity index (χ3n) is 4.22. The van der Waals surface area contributed by atoms with E-state index in [1.54, 1.807) is 12.4 Å². The number of carbonyl (C=O) groups is 1. The van der Waals surface area contributed by atoms with Crippen LogP contribution in [-0.2, 0) is 6.42 Å². The molecule has 0 radical (unpaired) electrons. The maximum atomic E-state index is 12.2. The summed E-state index contributed by atoms with van der Waals surface area (Å²) in [6.07, 6.45) is 13.2. The van der Waals surface area contributed by atoms with Gasteiger partial charge in [0.2, 0.25) is 5.82 Å². The third-order valence-corrected chi connectivity index (χ3v) is 4.22. The Labute approximate surface area is 140 Å². The van der Waals surface area contributed by atoms with Crippen LogP contribution in [0.2, 0.25) is 0 Å². The molecule has 1 aliphatic rings. The molecule has 3 rings (SSSR count). The van der Waals surface area contributed by atoms with Crippen molar-refractivity contribution in [3.8, 4) is 0 Å². The molecule has 0 saturated heterocycles. The summed E-state index contributed by atoms with van der Waals surface area (Å²) in [6, 6.07) is 0. The molecule has 2 aromatic heterocycles. The quantitative estimate of drug-likeness (QED) is 0.787. The summed E-state index contributed by atoms with van der Waals surface area (Å²) >= 11 is 0. The van der Waals surface area contributed by atoms with Gasteiger partial charge in [0.25, 0.3) is 11.7 Å². The molecule has 1 aliphatic carbocycles. The van der Waals surface area contributed by atoms with Gasteiger partial charge in [0.15, 0.2) is 0 Å². The molecule has 1 amide bonds. The molecule has 2 N–H and O–H groups in total. The smallest absolute Gasteiger partial charge is 0.291 e. The van der Waals surface area contributed by atoms with Crippen molar-refractivity contribution in [3.63, 3.8) is 0 Å². The van der Waals surface area contributed by atoms with Crippen LogP contribution in [-0.4, -0.2) is 43.7 Å². The molecule has 0 spiro atoms. The third kappa shape index (κ3) is 4.17. The minimum absolute atomic E-state index is 0.0467. The number of fused-ring (bicyclic) bond motifs is 1. The number of carbonyl (C=O) groups excluding carboxylic acids is 1. The summed E-state index contributed by atoms with van der Waals surface area (Å²) in [6.45, 7) is 0.647. The molecule has 0 bridgehead atoms. The van der Waals surface area contributed by atoms with Crippen LogP contribution < -0.4 is 5.32 Å². The molecular formula is C17H23N5O2. The van der Waals surface area contributed by atoms with Gasteiger partial charge in [-0.05, 0) is 44.1 Å². The number of rotatable bonds is 6. The molecule has 24 heavy (non-hydrogen) atoms. The van der Waals surface area contributed by atoms with E-state index in [4.69, 9.17) is 5.11 Å². The van der Waals surface area contributed by atoms with Crippen LogP contribution in [0.3, 0.4) is 0 Å². The number of nitrogens with zero attached hydrogens (tertiary/aromatic N) is 4. The summed E-state index contributed by atoms with van der Waals surface area (Å²) in [5.41, 5.74) is 2.29. The first-order valence-electron chi connectivity index (χ1n) is 8.54. The summed E-state index contributed by atoms with van der Waals surface area (Å²) < 4.78 is 1.48. The molecule has 0 aliphatic heterocycles. The van der Waals surface area contributed by atoms with Crippen molar-refractivity contribution < 1.29 is 9.90 Å². The van der Waals surface area contributed by atoms with Crippen LogP contribution in [0.5, 0.6) is 0 Å². The second kappa shape index (κ2) is 8.01. The summed E-state index contributed by atoms with van der Waals surface area (Å²) in [7, 11) is 0. The largest absolute Gasteiger partial charge is 0.396 e. The van der Waals surface area contributed by atoms with E-state index in [0.717, 1.165) is 24.8 Å². The Morgan fingerprint density at radius 2 is 2.21 bits per heavy atom. The fourth-order valence-corrected chi connectivity index (χ4v) is 2.90. The van der Waals surface area contributed by atoms with Crippen LogP contribution in [0.15, 0.2) is 24.0 Å². The van der Waals surface area contributed by atoms with Gasteiger partial charge < -0.3 is 10.4 Å². The molecule has 2 aromatic rings. The highest BCUT2D eigenvalue weighted by atomic mass is 16.3. The van der Waals surface area contributed by atoms with Gasteiger partial charge in [-0.3, -0.25) is 4.79 Å². The van der Waals surface area contributed by atoms with Gasteiger partial charge in [-0.15, -0.1) is 5.10 Å². The lowest BCUT2D eigenvalue weighted by Crippen LogP contribution is -2.26. The van der Waals surface area contributed by atoms with Crippen LogP contribution in [0.1, 0.15) is 54.7 Å². The average molecular weight is 329 g/mol. The summed E-state index contributed by atoms with van der Waals surface area (Å²) in [5, 5.41) is 16.0. The monoisotopic (exact) mass is 329 g/mol. The Kier molecular flexibility index (Phi) is 5.53. The standard InChI is InChI=1S/C17H23N5O2/c23-10-8-14-11-19-17-20-15(21-22(17)12-14)16(24)18-9-7-13-5-3-1-2-4-6-13/h5,11-12,23H,1-4,6-10H2,(H,18,24). The zero-order valence-electron chi connectivity index (χ0n) is 13.7. The molecule has 128 valence electrons. The van der Waals surface area contributed by atoms with E-state index in [2.05, 4.69) is 26.5 Å². The minimum Gasteiger partial charge on any atom is -0.396 e. The zero-order valence-corrected chi connectivity index (χ0v) is 13.7. The number of aliphatic hydroxyl groups is 1. The zero-order chi connectivity index (χ0) is 16.8. The molecule has 0 unspecified atom stereocenters. The van der Waals surface area contributed by atoms with Gasteiger partial charge >= 0.3 is 0 Å². The number of hydrogen-bond donors (Lipinski definition) is 2. The molecule has 2 heterocycles. The first-order valence-corrected chi connectivity index (χ1v) is 8.54. The van der Waals surface area contributed by atoms with Crippen LogP contribution >= 0.6 is 0 Å².